The summed E-state index contributed by atoms with van der Waals surface area (Å²) in [6, 6.07) is 24.4. The van der Waals surface area contributed by atoms with Gasteiger partial charge < -0.3 is 4.74 Å². The summed E-state index contributed by atoms with van der Waals surface area (Å²) < 4.78 is 5.60. The minimum Gasteiger partial charge on any atom is -0.423 e. The second-order valence-corrected chi connectivity index (χ2v) is 9.88. The molecule has 1 unspecified atom stereocenters. The summed E-state index contributed by atoms with van der Waals surface area (Å²) >= 11 is 0. The van der Waals surface area contributed by atoms with Crippen LogP contribution in [0.3, 0.4) is 0 Å². The largest absolute Gasteiger partial charge is 0.423 e. The molecule has 0 fully saturated rings. The van der Waals surface area contributed by atoms with Crippen molar-refractivity contribution in [3.05, 3.63) is 89.5 Å². The number of rotatable bonds is 14. The molecule has 0 aromatic heterocycles. The first kappa shape index (κ1) is 26.7. The van der Waals surface area contributed by atoms with Crippen LogP contribution in [0.15, 0.2) is 72.8 Å². The summed E-state index contributed by atoms with van der Waals surface area (Å²) in [6.45, 7) is 6.83. The maximum atomic E-state index is 12.6. The first-order valence-corrected chi connectivity index (χ1v) is 13.6. The number of aryl methyl sites for hydroxylation is 2. The number of carbonyl (C=O) groups excluding carboxylic acids is 1. The van der Waals surface area contributed by atoms with Gasteiger partial charge in [0.25, 0.3) is 0 Å². The minimum absolute atomic E-state index is 0.319. The molecule has 0 amide bonds. The molecule has 35 heavy (non-hydrogen) atoms. The molecule has 3 aromatic rings. The van der Waals surface area contributed by atoms with E-state index in [-0.39, 0.29) is 5.97 Å². The highest BCUT2D eigenvalue weighted by Crippen LogP contribution is 2.23. The van der Waals surface area contributed by atoms with Crippen molar-refractivity contribution in [1.82, 2.24) is 0 Å². The van der Waals surface area contributed by atoms with Crippen molar-refractivity contribution in [2.45, 2.75) is 85.0 Å². The van der Waals surface area contributed by atoms with Gasteiger partial charge in [0.1, 0.15) is 5.75 Å². The van der Waals surface area contributed by atoms with Crippen LogP contribution in [-0.2, 0) is 12.8 Å². The molecule has 3 rings (SSSR count). The van der Waals surface area contributed by atoms with Crippen molar-refractivity contribution < 1.29 is 9.53 Å². The van der Waals surface area contributed by atoms with E-state index in [1.54, 1.807) is 0 Å². The highest BCUT2D eigenvalue weighted by Gasteiger charge is 2.09. The Labute approximate surface area is 212 Å². The number of hydrogen-bond acceptors (Lipinski definition) is 2. The molecule has 2 nitrogen and oxygen atoms in total. The van der Waals surface area contributed by atoms with Gasteiger partial charge in [-0.05, 0) is 78.1 Å². The second-order valence-electron chi connectivity index (χ2n) is 9.88. The molecular weight excluding hydrogens is 428 g/mol. The zero-order valence-electron chi connectivity index (χ0n) is 21.9. The van der Waals surface area contributed by atoms with Crippen LogP contribution in [0.2, 0.25) is 0 Å². The number of benzene rings is 3. The molecule has 2 heteroatoms. The molecular formula is C33H42O2. The van der Waals surface area contributed by atoms with Crippen LogP contribution in [0.25, 0.3) is 11.1 Å². The molecule has 186 valence electrons. The van der Waals surface area contributed by atoms with Crippen LogP contribution in [-0.4, -0.2) is 5.97 Å². The Hall–Kier alpha value is -2.87. The zero-order valence-corrected chi connectivity index (χ0v) is 21.9. The molecule has 0 aliphatic heterocycles. The number of esters is 1. The molecule has 0 N–H and O–H groups in total. The summed E-state index contributed by atoms with van der Waals surface area (Å²) in [7, 11) is 0. The van der Waals surface area contributed by atoms with Gasteiger partial charge in [0.15, 0.2) is 0 Å². The maximum Gasteiger partial charge on any atom is 0.343 e. The predicted molar refractivity (Wildman–Crippen MR) is 148 cm³/mol. The number of ether oxygens (including phenoxy) is 1. The smallest absolute Gasteiger partial charge is 0.343 e. The molecule has 0 saturated heterocycles. The van der Waals surface area contributed by atoms with Crippen molar-refractivity contribution in [3.8, 4) is 16.9 Å². The van der Waals surface area contributed by atoms with Gasteiger partial charge in [-0.15, -0.1) is 0 Å². The fraction of sp³-hybridized carbons (Fsp3) is 0.424. The molecule has 0 aliphatic rings. The molecule has 3 aromatic carbocycles. The van der Waals surface area contributed by atoms with Gasteiger partial charge in [0.05, 0.1) is 5.56 Å². The lowest BCUT2D eigenvalue weighted by atomic mass is 9.97. The van der Waals surface area contributed by atoms with Crippen molar-refractivity contribution in [2.75, 3.05) is 0 Å². The lowest BCUT2D eigenvalue weighted by molar-refractivity contribution is 0.0734. The Bertz CT molecular complexity index is 1000. The van der Waals surface area contributed by atoms with Crippen molar-refractivity contribution in [1.29, 1.82) is 0 Å². The van der Waals surface area contributed by atoms with Gasteiger partial charge in [-0.25, -0.2) is 4.79 Å². The van der Waals surface area contributed by atoms with Crippen molar-refractivity contribution in [2.24, 2.45) is 5.92 Å². The van der Waals surface area contributed by atoms with Crippen LogP contribution < -0.4 is 4.74 Å². The van der Waals surface area contributed by atoms with E-state index in [9.17, 15) is 4.79 Å². The summed E-state index contributed by atoms with van der Waals surface area (Å²) in [5.41, 5.74) is 5.53. The van der Waals surface area contributed by atoms with Crippen LogP contribution >= 0.6 is 0 Å². The molecule has 0 heterocycles. The van der Waals surface area contributed by atoms with Crippen LogP contribution in [0, 0.1) is 5.92 Å². The van der Waals surface area contributed by atoms with Gasteiger partial charge in [-0.1, -0.05) is 108 Å². The number of carbonyl (C=O) groups is 1. The third-order valence-corrected chi connectivity index (χ3v) is 6.97. The van der Waals surface area contributed by atoms with E-state index in [4.69, 9.17) is 4.74 Å². The summed E-state index contributed by atoms with van der Waals surface area (Å²) in [6.07, 6.45) is 12.4. The predicted octanol–water partition coefficient (Wildman–Crippen LogP) is 9.45. The second kappa shape index (κ2) is 14.5. The highest BCUT2D eigenvalue weighted by molar-refractivity contribution is 5.91. The van der Waals surface area contributed by atoms with Crippen LogP contribution in [0.4, 0.5) is 0 Å². The Kier molecular flexibility index (Phi) is 11.1. The Morgan fingerprint density at radius 1 is 0.686 bits per heavy atom. The lowest BCUT2D eigenvalue weighted by Crippen LogP contribution is -2.08. The average molecular weight is 471 g/mol. The third-order valence-electron chi connectivity index (χ3n) is 6.97. The van der Waals surface area contributed by atoms with E-state index in [0.29, 0.717) is 11.3 Å². The standard InChI is InChI=1S/C33H42O2/c1-4-6-7-8-9-12-27-16-24-32(25-17-27)35-33(34)31-22-20-30(21-23-31)29-18-14-28(15-19-29)13-10-11-26(3)5-2/h14-26H,4-13H2,1-3H3. The maximum absolute atomic E-state index is 12.6. The number of unbranched alkanes of at least 4 members (excludes halogenated alkanes) is 4. The molecule has 1 atom stereocenters. The van der Waals surface area contributed by atoms with Gasteiger partial charge in [-0.3, -0.25) is 0 Å². The van der Waals surface area contributed by atoms with Gasteiger partial charge >= 0.3 is 5.97 Å². The van der Waals surface area contributed by atoms with E-state index in [2.05, 4.69) is 57.2 Å². The highest BCUT2D eigenvalue weighted by atomic mass is 16.5. The lowest BCUT2D eigenvalue weighted by Gasteiger charge is -2.09. The van der Waals surface area contributed by atoms with Crippen molar-refractivity contribution in [3.63, 3.8) is 0 Å². The first-order valence-electron chi connectivity index (χ1n) is 13.6. The monoisotopic (exact) mass is 470 g/mol. The SMILES string of the molecule is CCCCCCCc1ccc(OC(=O)c2ccc(-c3ccc(CCCC(C)CC)cc3)cc2)cc1. The zero-order chi connectivity index (χ0) is 24.9. The fourth-order valence-corrected chi connectivity index (χ4v) is 4.34. The normalized spacial score (nSPS) is 11.9. The number of hydrogen-bond donors (Lipinski definition) is 0. The van der Waals surface area contributed by atoms with Crippen LogP contribution in [0.1, 0.15) is 93.6 Å². The minimum atomic E-state index is -0.319. The van der Waals surface area contributed by atoms with Gasteiger partial charge in [0.2, 0.25) is 0 Å². The molecule has 0 aliphatic carbocycles. The third kappa shape index (κ3) is 9.02. The Morgan fingerprint density at radius 2 is 1.23 bits per heavy atom. The first-order chi connectivity index (χ1) is 17.1. The van der Waals surface area contributed by atoms with E-state index < -0.39 is 0 Å². The average Bonchev–Trinajstić information content (AvgIpc) is 2.90. The molecule has 0 radical (unpaired) electrons. The Balaban J connectivity index is 1.49. The van der Waals surface area contributed by atoms with Crippen molar-refractivity contribution >= 4 is 5.97 Å². The topological polar surface area (TPSA) is 26.3 Å². The van der Waals surface area contributed by atoms with E-state index in [0.717, 1.165) is 24.3 Å². The summed E-state index contributed by atoms with van der Waals surface area (Å²) in [4.78, 5) is 12.6. The summed E-state index contributed by atoms with van der Waals surface area (Å²) in [5.74, 6) is 1.09. The van der Waals surface area contributed by atoms with Gasteiger partial charge in [-0.2, -0.15) is 0 Å². The molecule has 0 spiro atoms. The fourth-order valence-electron chi connectivity index (χ4n) is 4.34. The van der Waals surface area contributed by atoms with Gasteiger partial charge in [0, 0.05) is 0 Å². The molecule has 0 saturated carbocycles. The summed E-state index contributed by atoms with van der Waals surface area (Å²) in [5, 5.41) is 0. The van der Waals surface area contributed by atoms with E-state index >= 15 is 0 Å². The Morgan fingerprint density at radius 3 is 1.83 bits per heavy atom. The van der Waals surface area contributed by atoms with E-state index in [1.807, 2.05) is 36.4 Å². The molecule has 0 bridgehead atoms. The van der Waals surface area contributed by atoms with Crippen LogP contribution in [0.5, 0.6) is 5.75 Å². The van der Waals surface area contributed by atoms with E-state index in [1.165, 1.54) is 68.1 Å². The quantitative estimate of drug-likeness (QED) is 0.133.